The molecule has 82 valence electrons. The largest absolute Gasteiger partial charge is 0.158 e. The van der Waals surface area contributed by atoms with Gasteiger partial charge in [0, 0.05) is 5.39 Å². The lowest BCUT2D eigenvalue weighted by atomic mass is 10.1. The predicted octanol–water partition coefficient (Wildman–Crippen LogP) is 3.58. The highest BCUT2D eigenvalue weighted by atomic mass is 15.6. The fourth-order valence-corrected chi connectivity index (χ4v) is 1.70. The average molecular weight is 222 g/mol. The lowest BCUT2D eigenvalue weighted by Crippen LogP contribution is -1.84. The number of aromatic nitrogens is 2. The molecular weight excluding hydrogens is 212 g/mol. The zero-order valence-corrected chi connectivity index (χ0v) is 9.06. The van der Waals surface area contributed by atoms with Crippen LogP contribution in [0.15, 0.2) is 71.3 Å². The van der Waals surface area contributed by atoms with Gasteiger partial charge < -0.3 is 0 Å². The predicted molar refractivity (Wildman–Crippen MR) is 66.1 cm³/mol. The van der Waals surface area contributed by atoms with Gasteiger partial charge in [0.15, 0.2) is 0 Å². The Kier molecular flexibility index (Phi) is 2.38. The Morgan fingerprint density at radius 1 is 0.941 bits per heavy atom. The molecule has 0 amide bonds. The van der Waals surface area contributed by atoms with Crippen LogP contribution in [-0.4, -0.2) is 9.89 Å². The summed E-state index contributed by atoms with van der Waals surface area (Å²) in [5.74, 6) is 0. The number of nitrogens with zero attached hydrogens (tertiary/aromatic N) is 4. The molecule has 4 nitrogen and oxygen atoms in total. The van der Waals surface area contributed by atoms with E-state index < -0.39 is 0 Å². The Bertz CT molecular complexity index is 651. The standard InChI is InChI=1S/C13H10N4/c1-2-7-12-11(5-1)6-3-8-13(12)15-16-17-10-4-9-14-17/h1-10H. The Morgan fingerprint density at radius 3 is 2.71 bits per heavy atom. The summed E-state index contributed by atoms with van der Waals surface area (Å²) < 4.78 is 0. The highest BCUT2D eigenvalue weighted by Gasteiger charge is 1.97. The van der Waals surface area contributed by atoms with Crippen molar-refractivity contribution in [3.05, 3.63) is 60.9 Å². The topological polar surface area (TPSA) is 42.5 Å². The van der Waals surface area contributed by atoms with Crippen molar-refractivity contribution >= 4 is 16.5 Å². The van der Waals surface area contributed by atoms with Gasteiger partial charge in [-0.3, -0.25) is 0 Å². The SMILES string of the molecule is c1ccc2c(N=Nn3cccn3)cccc2c1. The van der Waals surface area contributed by atoms with E-state index in [1.165, 1.54) is 4.79 Å². The highest BCUT2D eigenvalue weighted by Crippen LogP contribution is 2.25. The minimum Gasteiger partial charge on any atom is -0.158 e. The van der Waals surface area contributed by atoms with E-state index in [9.17, 15) is 0 Å². The van der Waals surface area contributed by atoms with Gasteiger partial charge in [-0.2, -0.15) is 5.10 Å². The van der Waals surface area contributed by atoms with Crippen LogP contribution in [-0.2, 0) is 0 Å². The molecule has 3 aromatic rings. The molecule has 0 bridgehead atoms. The summed E-state index contributed by atoms with van der Waals surface area (Å²) in [5.41, 5.74) is 0.846. The van der Waals surface area contributed by atoms with Gasteiger partial charge in [0.2, 0.25) is 0 Å². The summed E-state index contributed by atoms with van der Waals surface area (Å²) in [6, 6.07) is 15.9. The van der Waals surface area contributed by atoms with Crippen molar-refractivity contribution in [3.8, 4) is 0 Å². The maximum Gasteiger partial charge on any atom is 0.0953 e. The first kappa shape index (κ1) is 9.72. The molecule has 1 aromatic heterocycles. The summed E-state index contributed by atoms with van der Waals surface area (Å²) in [6.45, 7) is 0. The Hall–Kier alpha value is -2.49. The van der Waals surface area contributed by atoms with Crippen molar-refractivity contribution in [2.75, 3.05) is 0 Å². The van der Waals surface area contributed by atoms with Crippen molar-refractivity contribution in [2.45, 2.75) is 0 Å². The van der Waals surface area contributed by atoms with E-state index in [2.05, 4.69) is 27.6 Å². The van der Waals surface area contributed by atoms with Gasteiger partial charge in [-0.05, 0) is 22.7 Å². The van der Waals surface area contributed by atoms with Crippen LogP contribution in [0.2, 0.25) is 0 Å². The normalized spacial score (nSPS) is 11.3. The molecule has 1 heterocycles. The van der Waals surface area contributed by atoms with E-state index in [0.29, 0.717) is 0 Å². The molecule has 0 unspecified atom stereocenters. The molecule has 0 radical (unpaired) electrons. The molecule has 0 aliphatic heterocycles. The lowest BCUT2D eigenvalue weighted by Gasteiger charge is -1.99. The Labute approximate surface area is 98.2 Å². The minimum absolute atomic E-state index is 0.846. The molecule has 4 heteroatoms. The van der Waals surface area contributed by atoms with Crippen LogP contribution in [0.1, 0.15) is 0 Å². The number of fused-ring (bicyclic) bond motifs is 1. The van der Waals surface area contributed by atoms with Crippen molar-refractivity contribution in [1.29, 1.82) is 0 Å². The van der Waals surface area contributed by atoms with Crippen molar-refractivity contribution in [3.63, 3.8) is 0 Å². The average Bonchev–Trinajstić information content (AvgIpc) is 2.89. The fraction of sp³-hybridized carbons (Fsp3) is 0. The van der Waals surface area contributed by atoms with Crippen LogP contribution in [0, 0.1) is 0 Å². The van der Waals surface area contributed by atoms with Gasteiger partial charge in [-0.25, -0.2) is 0 Å². The molecule has 3 rings (SSSR count). The first-order valence-corrected chi connectivity index (χ1v) is 5.33. The van der Waals surface area contributed by atoms with E-state index in [4.69, 9.17) is 0 Å². The van der Waals surface area contributed by atoms with E-state index in [0.717, 1.165) is 16.5 Å². The molecule has 0 atom stereocenters. The van der Waals surface area contributed by atoms with E-state index in [1.807, 2.05) is 36.4 Å². The number of hydrogen-bond acceptors (Lipinski definition) is 3. The van der Waals surface area contributed by atoms with Crippen LogP contribution in [0.5, 0.6) is 0 Å². The molecule has 2 aromatic carbocycles. The quantitative estimate of drug-likeness (QED) is 0.611. The second-order valence-electron chi connectivity index (χ2n) is 3.61. The molecule has 17 heavy (non-hydrogen) atoms. The molecule has 0 N–H and O–H groups in total. The van der Waals surface area contributed by atoms with E-state index in [1.54, 1.807) is 12.4 Å². The Morgan fingerprint density at radius 2 is 1.82 bits per heavy atom. The maximum absolute atomic E-state index is 4.20. The molecule has 0 saturated carbocycles. The third-order valence-corrected chi connectivity index (χ3v) is 2.50. The van der Waals surface area contributed by atoms with Crippen LogP contribution in [0.25, 0.3) is 10.8 Å². The van der Waals surface area contributed by atoms with Crippen molar-refractivity contribution in [1.82, 2.24) is 9.89 Å². The third kappa shape index (κ3) is 1.92. The summed E-state index contributed by atoms with van der Waals surface area (Å²) in [6.07, 6.45) is 3.41. The van der Waals surface area contributed by atoms with Gasteiger partial charge in [0.1, 0.15) is 0 Å². The van der Waals surface area contributed by atoms with E-state index >= 15 is 0 Å². The van der Waals surface area contributed by atoms with Gasteiger partial charge >= 0.3 is 0 Å². The number of benzene rings is 2. The second-order valence-corrected chi connectivity index (χ2v) is 3.61. The second kappa shape index (κ2) is 4.17. The molecule has 0 saturated heterocycles. The van der Waals surface area contributed by atoms with Crippen LogP contribution in [0.4, 0.5) is 5.69 Å². The zero-order chi connectivity index (χ0) is 11.5. The highest BCUT2D eigenvalue weighted by molar-refractivity contribution is 5.92. The Balaban J connectivity index is 2.06. The monoisotopic (exact) mass is 222 g/mol. The van der Waals surface area contributed by atoms with Gasteiger partial charge in [0.05, 0.1) is 18.1 Å². The number of rotatable bonds is 2. The smallest absolute Gasteiger partial charge is 0.0953 e. The lowest BCUT2D eigenvalue weighted by molar-refractivity contribution is 0.693. The first-order valence-electron chi connectivity index (χ1n) is 5.33. The zero-order valence-electron chi connectivity index (χ0n) is 9.06. The molecule has 0 fully saturated rings. The fourth-order valence-electron chi connectivity index (χ4n) is 1.70. The van der Waals surface area contributed by atoms with Gasteiger partial charge in [-0.15, -0.1) is 9.91 Å². The summed E-state index contributed by atoms with van der Waals surface area (Å²) in [7, 11) is 0. The molecule has 0 spiro atoms. The third-order valence-electron chi connectivity index (χ3n) is 2.50. The summed E-state index contributed by atoms with van der Waals surface area (Å²) in [4.78, 5) is 1.43. The van der Waals surface area contributed by atoms with Crippen molar-refractivity contribution < 1.29 is 0 Å². The van der Waals surface area contributed by atoms with Crippen LogP contribution >= 0.6 is 0 Å². The summed E-state index contributed by atoms with van der Waals surface area (Å²) >= 11 is 0. The molecule has 0 aliphatic carbocycles. The van der Waals surface area contributed by atoms with Crippen molar-refractivity contribution in [2.24, 2.45) is 10.3 Å². The first-order chi connectivity index (χ1) is 8.43. The summed E-state index contributed by atoms with van der Waals surface area (Å²) in [5, 5.41) is 14.4. The van der Waals surface area contributed by atoms with Gasteiger partial charge in [-0.1, -0.05) is 36.4 Å². The molecular formula is C13H10N4. The van der Waals surface area contributed by atoms with Crippen LogP contribution in [0.3, 0.4) is 0 Å². The molecule has 0 aliphatic rings. The van der Waals surface area contributed by atoms with E-state index in [-0.39, 0.29) is 0 Å². The van der Waals surface area contributed by atoms with Crippen LogP contribution < -0.4 is 0 Å². The minimum atomic E-state index is 0.846. The number of hydrogen-bond donors (Lipinski definition) is 0. The van der Waals surface area contributed by atoms with Gasteiger partial charge in [0.25, 0.3) is 0 Å². The maximum atomic E-state index is 4.20.